The molecule has 1 unspecified atom stereocenters. The number of carbonyl (C=O) groups is 4. The van der Waals surface area contributed by atoms with Crippen molar-refractivity contribution >= 4 is 23.5 Å². The fraction of sp³-hybridized carbons (Fsp3) is 0.926. The van der Waals surface area contributed by atoms with Gasteiger partial charge in [-0.15, -0.1) is 0 Å². The standard InChI is InChI=1S/C24H49NO5.C10H22.C6H13NO3.C6H13NO.C6H12O.C2H6/c1-5-9-12-24(13-10-6-2,14-11-7-3)25-23(26)22-30-21-20-29-19-18-28-17-16-27-15-8-4;1-4-6-7-9-10(3)8-5-2;1-2-6(9)7-5-10-4-3-8;1-3-5-6(8)7-4-2;1-3-5-6(7)4-2;1-2/h5-22H2,1-4H3,(H,25,26);10H,4-9H2,1-3H3;8H,2-5H2,1H3,(H,7,9);3-5H2,1-2H3,(H,7,8);3-5H2,1-2H3;1-2H3. The zero-order valence-electron chi connectivity index (χ0n) is 46.7. The number of unbranched alkanes of at least 4 members (excludes halogenated alkanes) is 5. The Kier molecular flexibility index (Phi) is 77.6. The lowest BCUT2D eigenvalue weighted by Crippen LogP contribution is -2.49. The van der Waals surface area contributed by atoms with E-state index in [1.807, 2.05) is 41.5 Å². The summed E-state index contributed by atoms with van der Waals surface area (Å²) in [6.07, 6.45) is 24.1. The molecule has 406 valence electrons. The Morgan fingerprint density at radius 1 is 0.478 bits per heavy atom. The molecular formula is C54H115N3O10. The van der Waals surface area contributed by atoms with Crippen LogP contribution in [0.4, 0.5) is 0 Å². The summed E-state index contributed by atoms with van der Waals surface area (Å²) in [5, 5.41) is 16.8. The van der Waals surface area contributed by atoms with Crippen LogP contribution in [0.5, 0.6) is 0 Å². The highest BCUT2D eigenvalue weighted by Gasteiger charge is 2.30. The molecule has 0 spiro atoms. The number of hydrogen-bond acceptors (Lipinski definition) is 10. The van der Waals surface area contributed by atoms with Crippen LogP contribution in [-0.2, 0) is 42.9 Å². The minimum atomic E-state index is -0.0723. The second kappa shape index (κ2) is 68.1. The number of aliphatic hydroxyl groups excluding tert-OH is 1. The summed E-state index contributed by atoms with van der Waals surface area (Å²) in [7, 11) is 0. The van der Waals surface area contributed by atoms with E-state index in [2.05, 4.69) is 64.4 Å². The molecule has 1 atom stereocenters. The highest BCUT2D eigenvalue weighted by Crippen LogP contribution is 2.27. The molecule has 67 heavy (non-hydrogen) atoms. The lowest BCUT2D eigenvalue weighted by atomic mass is 9.82. The number of rotatable bonds is 40. The summed E-state index contributed by atoms with van der Waals surface area (Å²) in [6.45, 7) is 34.5. The van der Waals surface area contributed by atoms with Gasteiger partial charge >= 0.3 is 0 Å². The zero-order valence-corrected chi connectivity index (χ0v) is 46.7. The Labute approximate surface area is 415 Å². The summed E-state index contributed by atoms with van der Waals surface area (Å²) in [5.74, 6) is 1.46. The second-order valence-corrected chi connectivity index (χ2v) is 16.5. The number of Topliss-reactive ketones (excluding diaryl/α,β-unsaturated/α-hetero) is 1. The van der Waals surface area contributed by atoms with Gasteiger partial charge in [-0.2, -0.15) is 0 Å². The molecule has 0 aliphatic carbocycles. The van der Waals surface area contributed by atoms with E-state index in [0.29, 0.717) is 64.7 Å². The van der Waals surface area contributed by atoms with Crippen molar-refractivity contribution in [1.82, 2.24) is 16.0 Å². The van der Waals surface area contributed by atoms with E-state index in [9.17, 15) is 19.2 Å². The van der Waals surface area contributed by atoms with Crippen molar-refractivity contribution in [2.24, 2.45) is 5.92 Å². The Morgan fingerprint density at radius 3 is 1.36 bits per heavy atom. The van der Waals surface area contributed by atoms with Crippen molar-refractivity contribution in [1.29, 1.82) is 0 Å². The minimum absolute atomic E-state index is 0.00581. The van der Waals surface area contributed by atoms with Crippen molar-refractivity contribution in [3.63, 3.8) is 0 Å². The molecule has 0 heterocycles. The molecule has 13 heteroatoms. The van der Waals surface area contributed by atoms with Gasteiger partial charge in [0.1, 0.15) is 19.1 Å². The largest absolute Gasteiger partial charge is 0.394 e. The van der Waals surface area contributed by atoms with E-state index >= 15 is 0 Å². The normalized spacial score (nSPS) is 10.7. The van der Waals surface area contributed by atoms with Crippen molar-refractivity contribution in [2.45, 2.75) is 244 Å². The first kappa shape index (κ1) is 76.3. The molecule has 3 amide bonds. The van der Waals surface area contributed by atoms with Gasteiger partial charge in [0, 0.05) is 44.4 Å². The van der Waals surface area contributed by atoms with Crippen LogP contribution in [0.1, 0.15) is 238 Å². The Bertz CT molecular complexity index is 944. The third-order valence-corrected chi connectivity index (χ3v) is 9.91. The number of ether oxygens (including phenoxy) is 5. The summed E-state index contributed by atoms with van der Waals surface area (Å²) in [5.41, 5.74) is -0.0723. The maximum absolute atomic E-state index is 12.5. The summed E-state index contributed by atoms with van der Waals surface area (Å²) < 4.78 is 26.5. The van der Waals surface area contributed by atoms with Crippen LogP contribution in [0.2, 0.25) is 0 Å². The third kappa shape index (κ3) is 70.5. The predicted octanol–water partition coefficient (Wildman–Crippen LogP) is 12.1. The first-order valence-corrected chi connectivity index (χ1v) is 27.2. The van der Waals surface area contributed by atoms with Crippen LogP contribution in [0.3, 0.4) is 0 Å². The van der Waals surface area contributed by atoms with E-state index in [1.165, 1.54) is 38.5 Å². The first-order valence-electron chi connectivity index (χ1n) is 27.2. The molecule has 0 saturated carbocycles. The van der Waals surface area contributed by atoms with Gasteiger partial charge in [-0.25, -0.2) is 0 Å². The number of amides is 3. The molecule has 0 aliphatic heterocycles. The van der Waals surface area contributed by atoms with Crippen LogP contribution in [-0.4, -0.2) is 113 Å². The molecular weight excluding hydrogens is 851 g/mol. The average Bonchev–Trinajstić information content (AvgIpc) is 3.33. The van der Waals surface area contributed by atoms with E-state index in [4.69, 9.17) is 28.8 Å². The fourth-order valence-electron chi connectivity index (χ4n) is 6.15. The Morgan fingerprint density at radius 2 is 0.970 bits per heavy atom. The molecule has 0 aromatic heterocycles. The van der Waals surface area contributed by atoms with Gasteiger partial charge in [-0.1, -0.05) is 167 Å². The van der Waals surface area contributed by atoms with Crippen LogP contribution in [0.15, 0.2) is 0 Å². The van der Waals surface area contributed by atoms with Crippen molar-refractivity contribution in [2.75, 3.05) is 79.3 Å². The van der Waals surface area contributed by atoms with Crippen molar-refractivity contribution < 1.29 is 48.0 Å². The van der Waals surface area contributed by atoms with Crippen molar-refractivity contribution in [3.8, 4) is 0 Å². The molecule has 4 N–H and O–H groups in total. The molecule has 0 radical (unpaired) electrons. The first-order chi connectivity index (χ1) is 32.4. The molecule has 0 rings (SSSR count). The van der Waals surface area contributed by atoms with Gasteiger partial charge in [0.05, 0.1) is 52.9 Å². The Hall–Kier alpha value is -2.16. The van der Waals surface area contributed by atoms with E-state index in [-0.39, 0.29) is 49.8 Å². The monoisotopic (exact) mass is 966 g/mol. The van der Waals surface area contributed by atoms with Crippen LogP contribution in [0, 0.1) is 5.92 Å². The van der Waals surface area contributed by atoms with Gasteiger partial charge < -0.3 is 44.7 Å². The number of carbonyl (C=O) groups excluding carboxylic acids is 4. The van der Waals surface area contributed by atoms with E-state index in [0.717, 1.165) is 103 Å². The molecule has 0 aromatic rings. The van der Waals surface area contributed by atoms with Gasteiger partial charge in [-0.3, -0.25) is 19.2 Å². The lowest BCUT2D eigenvalue weighted by molar-refractivity contribution is -0.129. The topological polar surface area (TPSA) is 171 Å². The number of hydrogen-bond donors (Lipinski definition) is 4. The Balaban J connectivity index is -0.000000203. The van der Waals surface area contributed by atoms with Crippen molar-refractivity contribution in [3.05, 3.63) is 0 Å². The number of aliphatic hydroxyl groups is 1. The number of nitrogens with one attached hydrogen (secondary N) is 3. The van der Waals surface area contributed by atoms with E-state index in [1.54, 1.807) is 6.92 Å². The summed E-state index contributed by atoms with van der Waals surface area (Å²) in [6, 6.07) is 0. The molecule has 0 fully saturated rings. The maximum Gasteiger partial charge on any atom is 0.246 e. The van der Waals surface area contributed by atoms with Gasteiger partial charge in [0.25, 0.3) is 0 Å². The maximum atomic E-state index is 12.5. The van der Waals surface area contributed by atoms with E-state index < -0.39 is 0 Å². The minimum Gasteiger partial charge on any atom is -0.394 e. The van der Waals surface area contributed by atoms with Crippen LogP contribution >= 0.6 is 0 Å². The highest BCUT2D eigenvalue weighted by atomic mass is 16.6. The molecule has 13 nitrogen and oxygen atoms in total. The van der Waals surface area contributed by atoms with Crippen LogP contribution in [0.25, 0.3) is 0 Å². The summed E-state index contributed by atoms with van der Waals surface area (Å²) in [4.78, 5) is 44.0. The third-order valence-electron chi connectivity index (χ3n) is 9.91. The van der Waals surface area contributed by atoms with Crippen LogP contribution < -0.4 is 16.0 Å². The molecule has 0 aromatic carbocycles. The van der Waals surface area contributed by atoms with Gasteiger partial charge in [-0.05, 0) is 51.4 Å². The van der Waals surface area contributed by atoms with Gasteiger partial charge in [0.15, 0.2) is 0 Å². The molecule has 0 aliphatic rings. The summed E-state index contributed by atoms with van der Waals surface area (Å²) >= 11 is 0. The predicted molar refractivity (Wildman–Crippen MR) is 283 cm³/mol. The SMILES string of the molecule is CC.CCC(=O)NCOCCO.CCCC(=O)CC.CCCC(=O)NCC.CCCCC(CCCC)(CCCC)NC(=O)COCCOCCOCCOCCC.CCCCCC(C)CCC. The highest BCUT2D eigenvalue weighted by molar-refractivity contribution is 5.78. The molecule has 0 bridgehead atoms. The zero-order chi connectivity index (χ0) is 52.1. The molecule has 0 saturated heterocycles. The second-order valence-electron chi connectivity index (χ2n) is 16.5. The quantitative estimate of drug-likeness (QED) is 0.0342. The number of ketones is 1. The lowest BCUT2D eigenvalue weighted by Gasteiger charge is -2.35. The smallest absolute Gasteiger partial charge is 0.246 e. The van der Waals surface area contributed by atoms with Gasteiger partial charge in [0.2, 0.25) is 17.7 Å². The average molecular weight is 967 g/mol. The fourth-order valence-corrected chi connectivity index (χ4v) is 6.15.